The summed E-state index contributed by atoms with van der Waals surface area (Å²) < 4.78 is 5.26. The molecule has 1 aromatic rings. The van der Waals surface area contributed by atoms with E-state index in [9.17, 15) is 4.79 Å². The van der Waals surface area contributed by atoms with Crippen molar-refractivity contribution in [3.63, 3.8) is 0 Å². The highest BCUT2D eigenvalue weighted by Crippen LogP contribution is 2.24. The Labute approximate surface area is 110 Å². The van der Waals surface area contributed by atoms with Crippen LogP contribution in [0.25, 0.3) is 0 Å². The molecule has 0 aromatic heterocycles. The third-order valence-corrected chi connectivity index (χ3v) is 2.56. The summed E-state index contributed by atoms with van der Waals surface area (Å²) in [5, 5.41) is 20.4. The number of halogens is 1. The molecular weight excluding hydrogens is 258 g/mol. The Balaban J connectivity index is 2.49. The number of amides is 1. The molecule has 0 unspecified atom stereocenters. The van der Waals surface area contributed by atoms with E-state index >= 15 is 0 Å². The normalized spacial score (nSPS) is 10.5. The highest BCUT2D eigenvalue weighted by atomic mass is 35.5. The molecule has 0 saturated carbocycles. The maximum atomic E-state index is 11.4. The summed E-state index contributed by atoms with van der Waals surface area (Å²) in [4.78, 5) is 11.4. The maximum absolute atomic E-state index is 11.4. The number of rotatable bonds is 6. The SMILES string of the molecule is Cc1ccc(Cl)c(OCC(=O)NC(CO)CO)c1. The van der Waals surface area contributed by atoms with Gasteiger partial charge in [0.15, 0.2) is 6.61 Å². The average Bonchev–Trinajstić information content (AvgIpc) is 2.37. The van der Waals surface area contributed by atoms with Crippen LogP contribution >= 0.6 is 11.6 Å². The molecular formula is C12H16ClNO4. The van der Waals surface area contributed by atoms with E-state index in [0.29, 0.717) is 10.8 Å². The summed E-state index contributed by atoms with van der Waals surface area (Å²) in [5.41, 5.74) is 0.971. The van der Waals surface area contributed by atoms with Gasteiger partial charge >= 0.3 is 0 Å². The van der Waals surface area contributed by atoms with Crippen molar-refractivity contribution < 1.29 is 19.7 Å². The van der Waals surface area contributed by atoms with Gasteiger partial charge in [0.05, 0.1) is 24.3 Å². The van der Waals surface area contributed by atoms with Gasteiger partial charge in [-0.2, -0.15) is 0 Å². The van der Waals surface area contributed by atoms with Crippen LogP contribution in [0.2, 0.25) is 5.02 Å². The molecule has 3 N–H and O–H groups in total. The van der Waals surface area contributed by atoms with Crippen LogP contribution in [0.3, 0.4) is 0 Å². The van der Waals surface area contributed by atoms with E-state index in [0.717, 1.165) is 5.56 Å². The van der Waals surface area contributed by atoms with Crippen molar-refractivity contribution in [3.8, 4) is 5.75 Å². The minimum absolute atomic E-state index is 0.223. The second-order valence-electron chi connectivity index (χ2n) is 3.85. The number of benzene rings is 1. The minimum atomic E-state index is -0.672. The van der Waals surface area contributed by atoms with Crippen molar-refractivity contribution in [1.29, 1.82) is 0 Å². The average molecular weight is 274 g/mol. The van der Waals surface area contributed by atoms with Crippen molar-refractivity contribution in [2.45, 2.75) is 13.0 Å². The third kappa shape index (κ3) is 4.52. The zero-order chi connectivity index (χ0) is 13.5. The Morgan fingerprint density at radius 1 is 1.44 bits per heavy atom. The zero-order valence-electron chi connectivity index (χ0n) is 10.0. The number of hydrogen-bond donors (Lipinski definition) is 3. The number of carbonyl (C=O) groups is 1. The van der Waals surface area contributed by atoms with Crippen molar-refractivity contribution in [1.82, 2.24) is 5.32 Å². The molecule has 0 atom stereocenters. The lowest BCUT2D eigenvalue weighted by molar-refractivity contribution is -0.124. The van der Waals surface area contributed by atoms with Gasteiger partial charge in [0.2, 0.25) is 0 Å². The van der Waals surface area contributed by atoms with Gasteiger partial charge in [0, 0.05) is 0 Å². The number of aliphatic hydroxyl groups excluding tert-OH is 2. The molecule has 18 heavy (non-hydrogen) atoms. The molecule has 1 aromatic carbocycles. The number of nitrogens with one attached hydrogen (secondary N) is 1. The van der Waals surface area contributed by atoms with Crippen molar-refractivity contribution in [2.24, 2.45) is 0 Å². The Morgan fingerprint density at radius 3 is 2.72 bits per heavy atom. The first-order chi connectivity index (χ1) is 8.56. The van der Waals surface area contributed by atoms with Gasteiger partial charge < -0.3 is 20.3 Å². The van der Waals surface area contributed by atoms with E-state index in [1.807, 2.05) is 13.0 Å². The first-order valence-electron chi connectivity index (χ1n) is 5.47. The molecule has 0 heterocycles. The summed E-state index contributed by atoms with van der Waals surface area (Å²) in [6.07, 6.45) is 0. The number of aryl methyl sites for hydroxylation is 1. The van der Waals surface area contributed by atoms with Crippen LogP contribution in [0.1, 0.15) is 5.56 Å². The largest absolute Gasteiger partial charge is 0.482 e. The van der Waals surface area contributed by atoms with Crippen molar-refractivity contribution in [3.05, 3.63) is 28.8 Å². The molecule has 0 bridgehead atoms. The summed E-state index contributed by atoms with van der Waals surface area (Å²) in [6, 6.07) is 4.58. The fourth-order valence-electron chi connectivity index (χ4n) is 1.28. The van der Waals surface area contributed by atoms with Gasteiger partial charge in [-0.25, -0.2) is 0 Å². The fraction of sp³-hybridized carbons (Fsp3) is 0.417. The van der Waals surface area contributed by atoms with Crippen LogP contribution in [-0.2, 0) is 4.79 Å². The van der Waals surface area contributed by atoms with Gasteiger partial charge in [-0.1, -0.05) is 17.7 Å². The maximum Gasteiger partial charge on any atom is 0.258 e. The van der Waals surface area contributed by atoms with Gasteiger partial charge in [-0.3, -0.25) is 4.79 Å². The number of aliphatic hydroxyl groups is 2. The summed E-state index contributed by atoms with van der Waals surface area (Å²) in [5.74, 6) is -0.00274. The second kappa shape index (κ2) is 7.20. The standard InChI is InChI=1S/C12H16ClNO4/c1-8-2-3-10(13)11(4-8)18-7-12(17)14-9(5-15)6-16/h2-4,9,15-16H,5-7H2,1H3,(H,14,17). The minimum Gasteiger partial charge on any atom is -0.482 e. The van der Waals surface area contributed by atoms with Crippen LogP contribution < -0.4 is 10.1 Å². The van der Waals surface area contributed by atoms with Crippen molar-refractivity contribution >= 4 is 17.5 Å². The highest BCUT2D eigenvalue weighted by Gasteiger charge is 2.11. The van der Waals surface area contributed by atoms with E-state index in [2.05, 4.69) is 5.32 Å². The van der Waals surface area contributed by atoms with E-state index in [4.69, 9.17) is 26.6 Å². The Hall–Kier alpha value is -1.30. The lowest BCUT2D eigenvalue weighted by Crippen LogP contribution is -2.42. The van der Waals surface area contributed by atoms with Crippen LogP contribution in [-0.4, -0.2) is 42.0 Å². The Morgan fingerprint density at radius 2 is 2.11 bits per heavy atom. The number of carbonyl (C=O) groups excluding carboxylic acids is 1. The topological polar surface area (TPSA) is 78.8 Å². The van der Waals surface area contributed by atoms with Crippen molar-refractivity contribution in [2.75, 3.05) is 19.8 Å². The van der Waals surface area contributed by atoms with Gasteiger partial charge in [0.25, 0.3) is 5.91 Å². The Bertz CT molecular complexity index is 407. The molecule has 0 aliphatic carbocycles. The molecule has 1 amide bonds. The van der Waals surface area contributed by atoms with Crippen LogP contribution in [0, 0.1) is 6.92 Å². The number of hydrogen-bond acceptors (Lipinski definition) is 4. The van der Waals surface area contributed by atoms with Gasteiger partial charge in [-0.05, 0) is 24.6 Å². The van der Waals surface area contributed by atoms with Crippen LogP contribution in [0.15, 0.2) is 18.2 Å². The second-order valence-corrected chi connectivity index (χ2v) is 4.26. The molecule has 0 aliphatic rings. The highest BCUT2D eigenvalue weighted by molar-refractivity contribution is 6.32. The first-order valence-corrected chi connectivity index (χ1v) is 5.84. The third-order valence-electron chi connectivity index (χ3n) is 2.25. The summed E-state index contributed by atoms with van der Waals surface area (Å²) in [6.45, 7) is 1.01. The van der Waals surface area contributed by atoms with E-state index in [1.54, 1.807) is 12.1 Å². The molecule has 0 saturated heterocycles. The molecule has 5 nitrogen and oxygen atoms in total. The fourth-order valence-corrected chi connectivity index (χ4v) is 1.45. The smallest absolute Gasteiger partial charge is 0.258 e. The predicted octanol–water partition coefficient (Wildman–Crippen LogP) is 0.497. The monoisotopic (exact) mass is 273 g/mol. The molecule has 0 fully saturated rings. The van der Waals surface area contributed by atoms with Gasteiger partial charge in [-0.15, -0.1) is 0 Å². The lowest BCUT2D eigenvalue weighted by atomic mass is 10.2. The predicted molar refractivity (Wildman–Crippen MR) is 67.8 cm³/mol. The van der Waals surface area contributed by atoms with E-state index in [-0.39, 0.29) is 19.8 Å². The molecule has 0 aliphatic heterocycles. The summed E-state index contributed by atoms with van der Waals surface area (Å²) >= 11 is 5.90. The van der Waals surface area contributed by atoms with E-state index in [1.165, 1.54) is 0 Å². The molecule has 1 rings (SSSR count). The number of ether oxygens (including phenoxy) is 1. The molecule has 0 radical (unpaired) electrons. The van der Waals surface area contributed by atoms with E-state index < -0.39 is 11.9 Å². The van der Waals surface area contributed by atoms with Crippen LogP contribution in [0.5, 0.6) is 5.75 Å². The van der Waals surface area contributed by atoms with Gasteiger partial charge in [0.1, 0.15) is 5.75 Å². The lowest BCUT2D eigenvalue weighted by Gasteiger charge is -2.14. The Kier molecular flexibility index (Phi) is 5.91. The first kappa shape index (κ1) is 14.8. The molecule has 100 valence electrons. The quantitative estimate of drug-likeness (QED) is 0.705. The van der Waals surface area contributed by atoms with Crippen LogP contribution in [0.4, 0.5) is 0 Å². The molecule has 6 heteroatoms. The summed E-state index contributed by atoms with van der Waals surface area (Å²) in [7, 11) is 0. The zero-order valence-corrected chi connectivity index (χ0v) is 10.8. The molecule has 0 spiro atoms.